The van der Waals surface area contributed by atoms with Gasteiger partial charge in [0.15, 0.2) is 0 Å². The highest BCUT2D eigenvalue weighted by Crippen LogP contribution is 2.39. The van der Waals surface area contributed by atoms with Crippen molar-refractivity contribution in [2.75, 3.05) is 31.6 Å². The number of rotatable bonds is 7. The lowest BCUT2D eigenvalue weighted by atomic mass is 9.79. The van der Waals surface area contributed by atoms with Gasteiger partial charge in [0.05, 0.1) is 18.7 Å². The number of methoxy groups -OCH3 is 1. The number of piperidine rings is 1. The monoisotopic (exact) mass is 614 g/mol. The Hall–Kier alpha value is -4.46. The number of fused-ring (bicyclic) bond motifs is 1. The standard InChI is InChI=1S/C37H40F2N2O4/c1-24(29-17-11-15-26-14-9-10-16-31(26)29)41(36(43)45-37(2,3)4)23-28-22-40(19-18-30(28)25-12-7-6-8-13-25)34-32(38)20-27(21-33(34)39)35(42)44-5/h6-17,20-21,24,28,30H,18-19,22-23H2,1-5H3/t24-,28?,30?/m1/s1. The number of halogens is 2. The molecule has 0 N–H and O–H groups in total. The van der Waals surface area contributed by atoms with Gasteiger partial charge in [0.25, 0.3) is 0 Å². The number of amides is 1. The summed E-state index contributed by atoms with van der Waals surface area (Å²) in [6.07, 6.45) is 0.156. The lowest BCUT2D eigenvalue weighted by molar-refractivity contribution is 0.0124. The second kappa shape index (κ2) is 13.3. The lowest BCUT2D eigenvalue weighted by Gasteiger charge is -2.43. The molecule has 1 saturated heterocycles. The van der Waals surface area contributed by atoms with Gasteiger partial charge < -0.3 is 19.3 Å². The molecule has 2 unspecified atom stereocenters. The van der Waals surface area contributed by atoms with Gasteiger partial charge in [0, 0.05) is 25.6 Å². The first-order valence-corrected chi connectivity index (χ1v) is 15.3. The third-order valence-corrected chi connectivity index (χ3v) is 8.52. The van der Waals surface area contributed by atoms with Crippen LogP contribution in [0.25, 0.3) is 10.8 Å². The Morgan fingerprint density at radius 3 is 2.27 bits per heavy atom. The Morgan fingerprint density at radius 1 is 0.956 bits per heavy atom. The molecule has 6 nitrogen and oxygen atoms in total. The first-order chi connectivity index (χ1) is 21.5. The summed E-state index contributed by atoms with van der Waals surface area (Å²) in [6.45, 7) is 8.48. The first-order valence-electron chi connectivity index (χ1n) is 15.3. The average molecular weight is 615 g/mol. The molecule has 1 heterocycles. The maximum absolute atomic E-state index is 15.4. The first kappa shape index (κ1) is 31.9. The Kier molecular flexibility index (Phi) is 9.42. The highest BCUT2D eigenvalue weighted by molar-refractivity contribution is 5.90. The van der Waals surface area contributed by atoms with E-state index in [0.29, 0.717) is 19.5 Å². The van der Waals surface area contributed by atoms with Crippen LogP contribution in [0.2, 0.25) is 0 Å². The van der Waals surface area contributed by atoms with Gasteiger partial charge in [-0.15, -0.1) is 0 Å². The van der Waals surface area contributed by atoms with Crippen LogP contribution in [0.4, 0.5) is 19.3 Å². The fourth-order valence-corrected chi connectivity index (χ4v) is 6.41. The number of hydrogen-bond acceptors (Lipinski definition) is 5. The molecule has 236 valence electrons. The van der Waals surface area contributed by atoms with E-state index in [2.05, 4.69) is 16.9 Å². The normalized spacial score (nSPS) is 17.5. The molecule has 3 atom stereocenters. The van der Waals surface area contributed by atoms with E-state index in [-0.39, 0.29) is 35.7 Å². The summed E-state index contributed by atoms with van der Waals surface area (Å²) in [5.74, 6) is -2.66. The fraction of sp³-hybridized carbons (Fsp3) is 0.351. The molecule has 4 aromatic rings. The SMILES string of the molecule is COC(=O)c1cc(F)c(N2CCC(c3ccccc3)C(CN(C(=O)OC(C)(C)C)[C@H](C)c3cccc4ccccc34)C2)c(F)c1. The largest absolute Gasteiger partial charge is 0.465 e. The van der Waals surface area contributed by atoms with Crippen LogP contribution in [0, 0.1) is 17.6 Å². The van der Waals surface area contributed by atoms with Crippen molar-refractivity contribution in [1.82, 2.24) is 4.90 Å². The second-order valence-electron chi connectivity index (χ2n) is 12.7. The van der Waals surface area contributed by atoms with E-state index in [1.807, 2.05) is 88.4 Å². The Balaban J connectivity index is 1.54. The molecule has 45 heavy (non-hydrogen) atoms. The molecule has 1 aliphatic rings. The molecular weight excluding hydrogens is 574 g/mol. The molecule has 0 radical (unpaired) electrons. The van der Waals surface area contributed by atoms with Gasteiger partial charge in [-0.25, -0.2) is 18.4 Å². The summed E-state index contributed by atoms with van der Waals surface area (Å²) in [6, 6.07) is 25.8. The van der Waals surface area contributed by atoms with E-state index < -0.39 is 29.3 Å². The number of ether oxygens (including phenoxy) is 2. The lowest BCUT2D eigenvalue weighted by Crippen LogP contribution is -2.48. The van der Waals surface area contributed by atoms with Crippen LogP contribution in [-0.4, -0.2) is 49.3 Å². The van der Waals surface area contributed by atoms with E-state index in [0.717, 1.165) is 34.0 Å². The Morgan fingerprint density at radius 2 is 1.60 bits per heavy atom. The van der Waals surface area contributed by atoms with Gasteiger partial charge >= 0.3 is 12.1 Å². The summed E-state index contributed by atoms with van der Waals surface area (Å²) in [4.78, 5) is 29.4. The maximum atomic E-state index is 15.4. The van der Waals surface area contributed by atoms with Crippen molar-refractivity contribution in [3.05, 3.63) is 113 Å². The zero-order valence-electron chi connectivity index (χ0n) is 26.4. The van der Waals surface area contributed by atoms with Crippen LogP contribution in [0.3, 0.4) is 0 Å². The molecule has 1 fully saturated rings. The molecule has 0 aromatic heterocycles. The van der Waals surface area contributed by atoms with Gasteiger partial charge in [-0.1, -0.05) is 72.8 Å². The topological polar surface area (TPSA) is 59.1 Å². The molecule has 0 bridgehead atoms. The second-order valence-corrected chi connectivity index (χ2v) is 12.7. The van der Waals surface area contributed by atoms with Crippen LogP contribution < -0.4 is 4.90 Å². The van der Waals surface area contributed by atoms with E-state index in [1.54, 1.807) is 9.80 Å². The quantitative estimate of drug-likeness (QED) is 0.195. The highest BCUT2D eigenvalue weighted by atomic mass is 19.1. The number of esters is 1. The molecular formula is C37H40F2N2O4. The third kappa shape index (κ3) is 7.11. The van der Waals surface area contributed by atoms with Crippen LogP contribution in [0.15, 0.2) is 84.9 Å². The zero-order chi connectivity index (χ0) is 32.3. The van der Waals surface area contributed by atoms with Crippen molar-refractivity contribution in [3.63, 3.8) is 0 Å². The molecule has 1 amide bonds. The van der Waals surface area contributed by atoms with Gasteiger partial charge in [-0.2, -0.15) is 0 Å². The van der Waals surface area contributed by atoms with Crippen molar-refractivity contribution in [2.24, 2.45) is 5.92 Å². The predicted molar refractivity (Wildman–Crippen MR) is 173 cm³/mol. The molecule has 5 rings (SSSR count). The van der Waals surface area contributed by atoms with E-state index in [9.17, 15) is 9.59 Å². The average Bonchev–Trinajstić information content (AvgIpc) is 3.02. The molecule has 1 aliphatic heterocycles. The fourth-order valence-electron chi connectivity index (χ4n) is 6.41. The number of benzene rings is 4. The van der Waals surface area contributed by atoms with Crippen LogP contribution in [0.1, 0.15) is 67.6 Å². The van der Waals surface area contributed by atoms with Crippen molar-refractivity contribution in [2.45, 2.75) is 51.7 Å². The molecule has 0 aliphatic carbocycles. The molecule has 0 spiro atoms. The van der Waals surface area contributed by atoms with E-state index >= 15 is 8.78 Å². The summed E-state index contributed by atoms with van der Waals surface area (Å²) in [5.41, 5.74) is 0.986. The minimum absolute atomic E-state index is 0.0209. The smallest absolute Gasteiger partial charge is 0.410 e. The summed E-state index contributed by atoms with van der Waals surface area (Å²) in [5, 5.41) is 2.11. The molecule has 8 heteroatoms. The maximum Gasteiger partial charge on any atom is 0.410 e. The van der Waals surface area contributed by atoms with Crippen LogP contribution in [-0.2, 0) is 9.47 Å². The number of nitrogens with zero attached hydrogens (tertiary/aromatic N) is 2. The van der Waals surface area contributed by atoms with Gasteiger partial charge in [-0.3, -0.25) is 0 Å². The van der Waals surface area contributed by atoms with Crippen molar-refractivity contribution in [1.29, 1.82) is 0 Å². The zero-order valence-corrected chi connectivity index (χ0v) is 26.4. The van der Waals surface area contributed by atoms with Gasteiger partial charge in [-0.05, 0) is 74.1 Å². The minimum atomic E-state index is -0.833. The summed E-state index contributed by atoms with van der Waals surface area (Å²) < 4.78 is 41.5. The molecule has 0 saturated carbocycles. The van der Waals surface area contributed by atoms with E-state index in [4.69, 9.17) is 4.74 Å². The number of carbonyl (C=O) groups is 2. The Labute approximate surface area is 263 Å². The van der Waals surface area contributed by atoms with Gasteiger partial charge in [0.2, 0.25) is 0 Å². The summed E-state index contributed by atoms with van der Waals surface area (Å²) >= 11 is 0. The number of anilines is 1. The molecule has 4 aromatic carbocycles. The van der Waals surface area contributed by atoms with Crippen LogP contribution in [0.5, 0.6) is 0 Å². The number of carbonyl (C=O) groups excluding carboxylic acids is 2. The van der Waals surface area contributed by atoms with Crippen molar-refractivity contribution in [3.8, 4) is 0 Å². The third-order valence-electron chi connectivity index (χ3n) is 8.52. The van der Waals surface area contributed by atoms with Crippen molar-refractivity contribution < 1.29 is 27.8 Å². The summed E-state index contributed by atoms with van der Waals surface area (Å²) in [7, 11) is 1.17. The van der Waals surface area contributed by atoms with E-state index in [1.165, 1.54) is 7.11 Å². The minimum Gasteiger partial charge on any atom is -0.465 e. The van der Waals surface area contributed by atoms with Gasteiger partial charge in [0.1, 0.15) is 22.9 Å². The number of hydrogen-bond donors (Lipinski definition) is 0. The van der Waals surface area contributed by atoms with Crippen LogP contribution >= 0.6 is 0 Å². The van der Waals surface area contributed by atoms with Crippen molar-refractivity contribution >= 4 is 28.5 Å². The highest BCUT2D eigenvalue weighted by Gasteiger charge is 2.37. The Bertz CT molecular complexity index is 1640. The predicted octanol–water partition coefficient (Wildman–Crippen LogP) is 8.51.